The Hall–Kier alpha value is -4.17. The summed E-state index contributed by atoms with van der Waals surface area (Å²) in [6.07, 6.45) is 13.8. The van der Waals surface area contributed by atoms with Gasteiger partial charge in [-0.3, -0.25) is 19.2 Å². The number of methoxy groups -OCH3 is 2. The number of rotatable bonds is 28. The Kier molecular flexibility index (Phi) is 24.2. The molecule has 0 unspecified atom stereocenters. The van der Waals surface area contributed by atoms with Crippen LogP contribution in [-0.2, 0) is 39.9 Å². The number of ether oxygens (including phenoxy) is 3. The second kappa shape index (κ2) is 27.6. The summed E-state index contributed by atoms with van der Waals surface area (Å²) in [7, 11) is 2.69. The number of hydrogen-bond acceptors (Lipinski definition) is 8. The number of unbranched alkanes of at least 4 members (excludes halogenated alkanes) is 8. The molecule has 0 aliphatic carbocycles. The molecule has 1 rings (SSSR count). The number of benzene rings is 1. The van der Waals surface area contributed by atoms with E-state index >= 15 is 0 Å². The normalized spacial score (nSPS) is 12.6. The number of nitrogens with one attached hydrogen (secondary N) is 2. The lowest BCUT2D eigenvalue weighted by Gasteiger charge is -2.24. The van der Waals surface area contributed by atoms with Gasteiger partial charge in [-0.1, -0.05) is 75.7 Å². The molecule has 1 aromatic rings. The predicted molar refractivity (Wildman–Crippen MR) is 192 cm³/mol. The molecule has 1 aromatic carbocycles. The van der Waals surface area contributed by atoms with E-state index in [2.05, 4.69) is 29.4 Å². The van der Waals surface area contributed by atoms with Crippen molar-refractivity contribution in [3.8, 4) is 17.6 Å². The maximum absolute atomic E-state index is 13.7. The fraction of sp³-hybridized carbons (Fsp3) is 0.615. The molecule has 0 saturated carbocycles. The Bertz CT molecular complexity index is 1250. The molecule has 0 aliphatic rings. The van der Waals surface area contributed by atoms with Crippen LogP contribution in [0.1, 0.15) is 103 Å². The molecule has 0 radical (unpaired) electrons. The largest absolute Gasteiger partial charge is 0.481 e. The molecule has 11 heteroatoms. The minimum absolute atomic E-state index is 0.0838. The number of aliphatic carboxylic acids is 1. The lowest BCUT2D eigenvalue weighted by atomic mass is 9.87. The Morgan fingerprint density at radius 2 is 1.58 bits per heavy atom. The van der Waals surface area contributed by atoms with Crippen LogP contribution in [0, 0.1) is 23.7 Å². The summed E-state index contributed by atoms with van der Waals surface area (Å²) in [6, 6.07) is 5.85. The summed E-state index contributed by atoms with van der Waals surface area (Å²) < 4.78 is 15.4. The van der Waals surface area contributed by atoms with Crippen LogP contribution in [-0.4, -0.2) is 74.7 Å². The van der Waals surface area contributed by atoms with Gasteiger partial charge in [0, 0.05) is 39.3 Å². The maximum atomic E-state index is 13.7. The van der Waals surface area contributed by atoms with Crippen molar-refractivity contribution in [1.29, 1.82) is 0 Å². The summed E-state index contributed by atoms with van der Waals surface area (Å²) >= 11 is 0. The van der Waals surface area contributed by atoms with E-state index in [1.54, 1.807) is 37.3 Å². The fourth-order valence-electron chi connectivity index (χ4n) is 5.32. The number of esters is 1. The van der Waals surface area contributed by atoms with Gasteiger partial charge >= 0.3 is 11.9 Å². The van der Waals surface area contributed by atoms with Crippen molar-refractivity contribution in [3.05, 3.63) is 42.0 Å². The number of carboxylic acid groups (broad SMARTS) is 1. The molecule has 0 fully saturated rings. The zero-order chi connectivity index (χ0) is 37.0. The maximum Gasteiger partial charge on any atom is 0.328 e. The molecule has 11 nitrogen and oxygen atoms in total. The van der Waals surface area contributed by atoms with Crippen molar-refractivity contribution in [3.63, 3.8) is 0 Å². The Labute approximate surface area is 298 Å². The van der Waals surface area contributed by atoms with Crippen molar-refractivity contribution in [2.24, 2.45) is 11.8 Å². The monoisotopic (exact) mass is 698 g/mol. The molecule has 2 amide bonds. The van der Waals surface area contributed by atoms with Gasteiger partial charge in [0.15, 0.2) is 0 Å². The summed E-state index contributed by atoms with van der Waals surface area (Å²) in [6.45, 7) is 4.57. The highest BCUT2D eigenvalue weighted by atomic mass is 16.5. The van der Waals surface area contributed by atoms with Gasteiger partial charge in [-0.25, -0.2) is 4.79 Å². The van der Waals surface area contributed by atoms with E-state index in [4.69, 9.17) is 14.2 Å². The smallest absolute Gasteiger partial charge is 0.328 e. The van der Waals surface area contributed by atoms with Gasteiger partial charge in [-0.15, -0.1) is 5.92 Å². The van der Waals surface area contributed by atoms with Crippen LogP contribution in [0.3, 0.4) is 0 Å². The number of amides is 2. The summed E-state index contributed by atoms with van der Waals surface area (Å²) in [5.74, 6) is 0.593. The van der Waals surface area contributed by atoms with E-state index in [0.29, 0.717) is 36.4 Å². The molecule has 3 N–H and O–H groups in total. The van der Waals surface area contributed by atoms with Crippen LogP contribution in [0.2, 0.25) is 0 Å². The minimum Gasteiger partial charge on any atom is -0.481 e. The van der Waals surface area contributed by atoms with Gasteiger partial charge in [0.2, 0.25) is 11.8 Å². The Morgan fingerprint density at radius 3 is 2.18 bits per heavy atom. The first-order valence-electron chi connectivity index (χ1n) is 17.8. The SMILES string of the molecule is CC#CCOc1ccc(C[C@H](NC(=O)[C@@H](C=CCCCCCCC(=O)CCCCCCC)[C@@H](CC(=O)NCCOC)C(=O)O)C(=O)OC)cc1. The van der Waals surface area contributed by atoms with Crippen LogP contribution in [0.25, 0.3) is 0 Å². The number of allylic oxidation sites excluding steroid dienone is 1. The summed E-state index contributed by atoms with van der Waals surface area (Å²) in [5.41, 5.74) is 0.711. The van der Waals surface area contributed by atoms with E-state index in [9.17, 15) is 29.1 Å². The van der Waals surface area contributed by atoms with Gasteiger partial charge in [0.05, 0.1) is 25.6 Å². The van der Waals surface area contributed by atoms with Crippen LogP contribution in [0.4, 0.5) is 0 Å². The highest BCUT2D eigenvalue weighted by molar-refractivity contribution is 5.92. The van der Waals surface area contributed by atoms with Crippen LogP contribution in [0.15, 0.2) is 36.4 Å². The van der Waals surface area contributed by atoms with Crippen molar-refractivity contribution in [1.82, 2.24) is 10.6 Å². The Balaban J connectivity index is 2.93. The van der Waals surface area contributed by atoms with Gasteiger partial charge in [0.25, 0.3) is 0 Å². The zero-order valence-corrected chi connectivity index (χ0v) is 30.4. The van der Waals surface area contributed by atoms with Crippen LogP contribution < -0.4 is 15.4 Å². The number of Topliss-reactive ketones (excluding diaryl/α,β-unsaturated/α-hetero) is 1. The average molecular weight is 699 g/mol. The predicted octanol–water partition coefficient (Wildman–Crippen LogP) is 5.59. The molecule has 0 saturated heterocycles. The number of carboxylic acids is 1. The third kappa shape index (κ3) is 19.7. The van der Waals surface area contributed by atoms with E-state index in [1.807, 2.05) is 0 Å². The van der Waals surface area contributed by atoms with Crippen LogP contribution in [0.5, 0.6) is 5.75 Å². The van der Waals surface area contributed by atoms with Gasteiger partial charge in [0.1, 0.15) is 24.2 Å². The first-order chi connectivity index (χ1) is 24.2. The topological polar surface area (TPSA) is 157 Å². The lowest BCUT2D eigenvalue weighted by molar-refractivity contribution is -0.149. The Morgan fingerprint density at radius 1 is 0.920 bits per heavy atom. The van der Waals surface area contributed by atoms with Crippen molar-refractivity contribution in [2.45, 2.75) is 110 Å². The molecule has 278 valence electrons. The highest BCUT2D eigenvalue weighted by Gasteiger charge is 2.35. The van der Waals surface area contributed by atoms with Crippen molar-refractivity contribution >= 4 is 29.5 Å². The second-order valence-corrected chi connectivity index (χ2v) is 12.2. The molecule has 3 atom stereocenters. The van der Waals surface area contributed by atoms with Crippen molar-refractivity contribution < 1.29 is 43.3 Å². The molecular formula is C39H58N2O9. The van der Waals surface area contributed by atoms with E-state index in [0.717, 1.165) is 38.5 Å². The van der Waals surface area contributed by atoms with E-state index < -0.39 is 48.1 Å². The van der Waals surface area contributed by atoms with Gasteiger partial charge in [-0.05, 0) is 50.3 Å². The summed E-state index contributed by atoms with van der Waals surface area (Å²) in [4.78, 5) is 63.6. The fourth-order valence-corrected chi connectivity index (χ4v) is 5.32. The molecule has 0 aliphatic heterocycles. The minimum atomic E-state index is -1.39. The number of carbonyl (C=O) groups excluding carboxylic acids is 4. The molecule has 50 heavy (non-hydrogen) atoms. The third-order valence-electron chi connectivity index (χ3n) is 8.22. The first-order valence-corrected chi connectivity index (χ1v) is 17.8. The molecular weight excluding hydrogens is 640 g/mol. The highest BCUT2D eigenvalue weighted by Crippen LogP contribution is 2.21. The second-order valence-electron chi connectivity index (χ2n) is 12.2. The van der Waals surface area contributed by atoms with E-state index in [1.165, 1.54) is 39.6 Å². The molecule has 0 heterocycles. The van der Waals surface area contributed by atoms with E-state index in [-0.39, 0.29) is 26.2 Å². The molecule has 0 aromatic heterocycles. The summed E-state index contributed by atoms with van der Waals surface area (Å²) in [5, 5.41) is 15.4. The molecule has 0 bridgehead atoms. The number of carbonyl (C=O) groups is 5. The standard InChI is InChI=1S/C39H58N2O9/c1-5-7-9-12-15-18-31(42)19-16-13-10-11-14-17-20-33(34(38(45)46)29-36(43)40-25-27-48-3)37(44)41-35(39(47)49-4)28-30-21-23-32(24-22-30)50-26-8-6-2/h17,20-24,33-35H,5,7,9-16,18-19,25-29H2,1-4H3,(H,40,43)(H,41,44)(H,45,46)/t33-,34+,35-/m0/s1. The number of ketones is 1. The molecule has 0 spiro atoms. The quantitative estimate of drug-likeness (QED) is 0.0440. The van der Waals surface area contributed by atoms with Crippen LogP contribution >= 0.6 is 0 Å². The van der Waals surface area contributed by atoms with Gasteiger partial charge < -0.3 is 30.0 Å². The average Bonchev–Trinajstić information content (AvgIpc) is 3.10. The number of hydrogen-bond donors (Lipinski definition) is 3. The zero-order valence-electron chi connectivity index (χ0n) is 30.4. The van der Waals surface area contributed by atoms with Crippen molar-refractivity contribution in [2.75, 3.05) is 34.0 Å². The van der Waals surface area contributed by atoms with Gasteiger partial charge in [-0.2, -0.15) is 0 Å². The lowest BCUT2D eigenvalue weighted by Crippen LogP contribution is -2.48. The first kappa shape index (κ1) is 43.9. The third-order valence-corrected chi connectivity index (χ3v) is 8.22.